The molecule has 1 aliphatic rings. The number of hydrogen-bond donors (Lipinski definition) is 2. The molecule has 1 aromatic carbocycles. The summed E-state index contributed by atoms with van der Waals surface area (Å²) in [6, 6.07) is 3.97. The first-order chi connectivity index (χ1) is 8.16. The van der Waals surface area contributed by atoms with Gasteiger partial charge in [0.2, 0.25) is 0 Å². The molecule has 1 saturated heterocycles. The number of ether oxygens (including phenoxy) is 1. The molecular weight excluding hydrogens is 225 g/mol. The number of carbonyl (C=O) groups excluding carboxylic acids is 1. The van der Waals surface area contributed by atoms with Crippen molar-refractivity contribution in [2.45, 2.75) is 0 Å². The minimum absolute atomic E-state index is 0.0947. The molecule has 17 heavy (non-hydrogen) atoms. The Labute approximate surface area is 98.3 Å². The number of nitrogens with zero attached hydrogens (tertiary/aromatic N) is 1. The summed E-state index contributed by atoms with van der Waals surface area (Å²) in [5.74, 6) is -0.726. The van der Waals surface area contributed by atoms with Crippen LogP contribution in [0.4, 0.5) is 14.9 Å². The van der Waals surface area contributed by atoms with Gasteiger partial charge in [-0.15, -0.1) is 0 Å². The van der Waals surface area contributed by atoms with E-state index >= 15 is 0 Å². The summed E-state index contributed by atoms with van der Waals surface area (Å²) in [4.78, 5) is 13.2. The number of nitrogen functional groups attached to an aromatic ring is 1. The minimum atomic E-state index is -0.631. The van der Waals surface area contributed by atoms with Gasteiger partial charge < -0.3 is 20.7 Å². The number of carbonyl (C=O) groups is 1. The average molecular weight is 239 g/mol. The SMILES string of the molecule is Nc1ccc(OC(=O)N2CCNCC2)c(F)c1. The van der Waals surface area contributed by atoms with Gasteiger partial charge in [0.25, 0.3) is 0 Å². The number of piperazine rings is 1. The fourth-order valence-electron chi connectivity index (χ4n) is 1.61. The standard InChI is InChI=1S/C11H14FN3O2/c12-9-7-8(13)1-2-10(9)17-11(16)15-5-3-14-4-6-15/h1-2,7,14H,3-6,13H2. The molecule has 6 heteroatoms. The van der Waals surface area contributed by atoms with Gasteiger partial charge >= 0.3 is 6.09 Å². The molecule has 0 unspecified atom stereocenters. The highest BCUT2D eigenvalue weighted by molar-refractivity contribution is 5.71. The van der Waals surface area contributed by atoms with E-state index in [-0.39, 0.29) is 5.75 Å². The molecule has 0 bridgehead atoms. The summed E-state index contributed by atoms with van der Waals surface area (Å²) in [6.45, 7) is 2.57. The first-order valence-corrected chi connectivity index (χ1v) is 5.39. The second-order valence-electron chi connectivity index (χ2n) is 3.79. The highest BCUT2D eigenvalue weighted by atomic mass is 19.1. The smallest absolute Gasteiger partial charge is 0.407 e. The molecule has 2 rings (SSSR count). The van der Waals surface area contributed by atoms with Crippen molar-refractivity contribution in [2.75, 3.05) is 31.9 Å². The maximum Gasteiger partial charge on any atom is 0.415 e. The van der Waals surface area contributed by atoms with E-state index in [4.69, 9.17) is 10.5 Å². The lowest BCUT2D eigenvalue weighted by molar-refractivity contribution is 0.144. The van der Waals surface area contributed by atoms with Gasteiger partial charge in [-0.2, -0.15) is 0 Å². The van der Waals surface area contributed by atoms with Gasteiger partial charge in [-0.3, -0.25) is 0 Å². The molecular formula is C11H14FN3O2. The number of halogens is 1. The predicted molar refractivity (Wildman–Crippen MR) is 61.3 cm³/mol. The molecule has 0 radical (unpaired) electrons. The van der Waals surface area contributed by atoms with Gasteiger partial charge in [-0.05, 0) is 12.1 Å². The summed E-state index contributed by atoms with van der Waals surface area (Å²) in [5, 5.41) is 3.11. The highest BCUT2D eigenvalue weighted by Crippen LogP contribution is 2.20. The van der Waals surface area contributed by atoms with Crippen LogP contribution in [0, 0.1) is 5.82 Å². The van der Waals surface area contributed by atoms with E-state index in [1.807, 2.05) is 0 Å². The second kappa shape index (κ2) is 5.01. The first-order valence-electron chi connectivity index (χ1n) is 5.39. The summed E-state index contributed by atoms with van der Waals surface area (Å²) in [7, 11) is 0. The van der Waals surface area contributed by atoms with Crippen molar-refractivity contribution >= 4 is 11.8 Å². The van der Waals surface area contributed by atoms with Crippen LogP contribution in [0.2, 0.25) is 0 Å². The molecule has 0 saturated carbocycles. The number of anilines is 1. The summed E-state index contributed by atoms with van der Waals surface area (Å²) in [6.07, 6.45) is -0.532. The van der Waals surface area contributed by atoms with Gasteiger partial charge in [0, 0.05) is 37.9 Å². The van der Waals surface area contributed by atoms with Crippen LogP contribution >= 0.6 is 0 Å². The Morgan fingerprint density at radius 2 is 2.12 bits per heavy atom. The molecule has 5 nitrogen and oxygen atoms in total. The summed E-state index contributed by atoms with van der Waals surface area (Å²) < 4.78 is 18.4. The topological polar surface area (TPSA) is 67.6 Å². The normalized spacial score (nSPS) is 15.7. The van der Waals surface area contributed by atoms with Crippen molar-refractivity contribution in [1.29, 1.82) is 0 Å². The van der Waals surface area contributed by atoms with Crippen LogP contribution in [-0.4, -0.2) is 37.2 Å². The Morgan fingerprint density at radius 1 is 1.41 bits per heavy atom. The van der Waals surface area contributed by atoms with Crippen molar-refractivity contribution in [1.82, 2.24) is 10.2 Å². The molecule has 0 aromatic heterocycles. The molecule has 3 N–H and O–H groups in total. The van der Waals surface area contributed by atoms with Crippen LogP contribution in [0.25, 0.3) is 0 Å². The number of hydrogen-bond acceptors (Lipinski definition) is 4. The maximum absolute atomic E-state index is 13.4. The van der Waals surface area contributed by atoms with E-state index in [0.717, 1.165) is 19.2 Å². The van der Waals surface area contributed by atoms with Crippen LogP contribution < -0.4 is 15.8 Å². The van der Waals surface area contributed by atoms with Crippen molar-refractivity contribution in [3.63, 3.8) is 0 Å². The maximum atomic E-state index is 13.4. The van der Waals surface area contributed by atoms with Crippen LogP contribution in [0.3, 0.4) is 0 Å². The van der Waals surface area contributed by atoms with E-state index in [1.165, 1.54) is 17.0 Å². The van der Waals surface area contributed by atoms with Crippen LogP contribution in [0.1, 0.15) is 0 Å². The molecule has 0 aliphatic carbocycles. The molecule has 0 atom stereocenters. The Hall–Kier alpha value is -1.82. The van der Waals surface area contributed by atoms with Gasteiger partial charge in [0.15, 0.2) is 11.6 Å². The molecule has 1 heterocycles. The molecule has 1 aromatic rings. The molecule has 1 amide bonds. The molecule has 92 valence electrons. The zero-order valence-electron chi connectivity index (χ0n) is 9.28. The first kappa shape index (κ1) is 11.7. The number of nitrogens with one attached hydrogen (secondary N) is 1. The van der Waals surface area contributed by atoms with E-state index in [1.54, 1.807) is 0 Å². The predicted octanol–water partition coefficient (Wildman–Crippen LogP) is 0.812. The third kappa shape index (κ3) is 2.85. The van der Waals surface area contributed by atoms with Gasteiger partial charge in [0.05, 0.1) is 0 Å². The Morgan fingerprint density at radius 3 is 2.76 bits per heavy atom. The summed E-state index contributed by atoms with van der Waals surface area (Å²) >= 11 is 0. The lowest BCUT2D eigenvalue weighted by Gasteiger charge is -2.26. The Bertz CT molecular complexity index is 419. The Balaban J connectivity index is 2.02. The quantitative estimate of drug-likeness (QED) is 0.712. The van der Waals surface area contributed by atoms with Gasteiger partial charge in [-0.25, -0.2) is 9.18 Å². The van der Waals surface area contributed by atoms with Crippen molar-refractivity contribution in [2.24, 2.45) is 0 Å². The van der Waals surface area contributed by atoms with E-state index < -0.39 is 11.9 Å². The van der Waals surface area contributed by atoms with E-state index in [2.05, 4.69) is 5.32 Å². The highest BCUT2D eigenvalue weighted by Gasteiger charge is 2.19. The third-order valence-corrected chi connectivity index (χ3v) is 2.53. The second-order valence-corrected chi connectivity index (χ2v) is 3.79. The van der Waals surface area contributed by atoms with Crippen LogP contribution in [-0.2, 0) is 0 Å². The van der Waals surface area contributed by atoms with Gasteiger partial charge in [-0.1, -0.05) is 0 Å². The largest absolute Gasteiger partial charge is 0.415 e. The van der Waals surface area contributed by atoms with E-state index in [0.29, 0.717) is 18.8 Å². The molecule has 0 spiro atoms. The minimum Gasteiger partial charge on any atom is -0.407 e. The lowest BCUT2D eigenvalue weighted by Crippen LogP contribution is -2.47. The van der Waals surface area contributed by atoms with Crippen molar-refractivity contribution < 1.29 is 13.9 Å². The molecule has 1 fully saturated rings. The molecule has 1 aliphatic heterocycles. The average Bonchev–Trinajstić information content (AvgIpc) is 2.34. The number of benzene rings is 1. The Kier molecular flexibility index (Phi) is 3.43. The van der Waals surface area contributed by atoms with E-state index in [9.17, 15) is 9.18 Å². The monoisotopic (exact) mass is 239 g/mol. The van der Waals surface area contributed by atoms with Crippen molar-refractivity contribution in [3.8, 4) is 5.75 Å². The zero-order valence-corrected chi connectivity index (χ0v) is 9.28. The van der Waals surface area contributed by atoms with Crippen molar-refractivity contribution in [3.05, 3.63) is 24.0 Å². The zero-order chi connectivity index (χ0) is 12.3. The third-order valence-electron chi connectivity index (χ3n) is 2.53. The fourth-order valence-corrected chi connectivity index (χ4v) is 1.61. The number of nitrogens with two attached hydrogens (primary N) is 1. The van der Waals surface area contributed by atoms with Crippen LogP contribution in [0.15, 0.2) is 18.2 Å². The fraction of sp³-hybridized carbons (Fsp3) is 0.364. The van der Waals surface area contributed by atoms with Crippen LogP contribution in [0.5, 0.6) is 5.75 Å². The number of rotatable bonds is 1. The lowest BCUT2D eigenvalue weighted by atomic mass is 10.3. The number of amides is 1. The van der Waals surface area contributed by atoms with Gasteiger partial charge in [0.1, 0.15) is 0 Å². The summed E-state index contributed by atoms with van der Waals surface area (Å²) in [5.41, 5.74) is 5.70.